The summed E-state index contributed by atoms with van der Waals surface area (Å²) < 4.78 is 50.0. The van der Waals surface area contributed by atoms with Gasteiger partial charge in [0, 0.05) is 21.5 Å². The van der Waals surface area contributed by atoms with Gasteiger partial charge in [-0.2, -0.15) is 18.4 Å². The number of nitrogens with zero attached hydrogens (tertiary/aromatic N) is 3. The summed E-state index contributed by atoms with van der Waals surface area (Å²) in [5.41, 5.74) is 20.9. The van der Waals surface area contributed by atoms with Crippen LogP contribution in [0.4, 0.5) is 13.2 Å². The van der Waals surface area contributed by atoms with Gasteiger partial charge in [0.2, 0.25) is 0 Å². The number of aryl methyl sites for hydroxylation is 7. The predicted molar refractivity (Wildman–Crippen MR) is 305 cm³/mol. The molecule has 0 unspecified atom stereocenters. The largest absolute Gasteiger partial charge is 0.417 e. The molecule has 0 spiro atoms. The van der Waals surface area contributed by atoms with E-state index in [-0.39, 0.29) is 5.56 Å². The summed E-state index contributed by atoms with van der Waals surface area (Å²) in [6, 6.07) is 65.4. The smallest absolute Gasteiger partial charge is 0.308 e. The molecule has 0 saturated heterocycles. The van der Waals surface area contributed by atoms with E-state index in [0.717, 1.165) is 116 Å². The first-order valence-electron chi connectivity index (χ1n) is 25.4. The summed E-state index contributed by atoms with van der Waals surface area (Å²) in [5.74, 6) is 0. The second-order valence-corrected chi connectivity index (χ2v) is 20.4. The van der Waals surface area contributed by atoms with Crippen LogP contribution >= 0.6 is 0 Å². The Kier molecular flexibility index (Phi) is 11.3. The minimum Gasteiger partial charge on any atom is -0.308 e. The quantitative estimate of drug-likeness (QED) is 0.157. The van der Waals surface area contributed by atoms with Gasteiger partial charge in [0.05, 0.1) is 39.0 Å². The molecule has 12 aromatic rings. The van der Waals surface area contributed by atoms with Crippen molar-refractivity contribution in [1.82, 2.24) is 9.13 Å². The van der Waals surface area contributed by atoms with Crippen LogP contribution in [0.2, 0.25) is 0 Å². The van der Waals surface area contributed by atoms with Crippen LogP contribution < -0.4 is 0 Å². The predicted octanol–water partition coefficient (Wildman–Crippen LogP) is 19.3. The van der Waals surface area contributed by atoms with E-state index in [1.165, 1.54) is 28.8 Å². The molecule has 0 saturated carbocycles. The molecule has 0 N–H and O–H groups in total. The molecule has 3 nitrogen and oxygen atoms in total. The van der Waals surface area contributed by atoms with Crippen molar-refractivity contribution in [1.29, 1.82) is 5.26 Å². The zero-order valence-corrected chi connectivity index (χ0v) is 42.9. The van der Waals surface area contributed by atoms with Crippen LogP contribution in [0.5, 0.6) is 0 Å². The lowest BCUT2D eigenvalue weighted by Gasteiger charge is -2.20. The van der Waals surface area contributed by atoms with Gasteiger partial charge in [-0.05, 0) is 193 Å². The van der Waals surface area contributed by atoms with E-state index >= 15 is 13.2 Å². The molecule has 2 heterocycles. The van der Waals surface area contributed by atoms with Gasteiger partial charge in [-0.15, -0.1) is 0 Å². The van der Waals surface area contributed by atoms with Crippen LogP contribution in [-0.4, -0.2) is 9.13 Å². The van der Waals surface area contributed by atoms with Crippen LogP contribution in [0.3, 0.4) is 0 Å². The minimum absolute atomic E-state index is 0.0201. The highest BCUT2D eigenvalue weighted by Crippen LogP contribution is 2.46. The Morgan fingerprint density at radius 3 is 1.04 bits per heavy atom. The van der Waals surface area contributed by atoms with E-state index in [0.29, 0.717) is 22.5 Å². The van der Waals surface area contributed by atoms with Crippen molar-refractivity contribution < 1.29 is 13.2 Å². The van der Waals surface area contributed by atoms with Gasteiger partial charge in [0.25, 0.3) is 0 Å². The molecule has 0 radical (unpaired) electrons. The fourth-order valence-corrected chi connectivity index (χ4v) is 11.8. The summed E-state index contributed by atoms with van der Waals surface area (Å²) in [5, 5.41) is 15.7. The van der Waals surface area contributed by atoms with Gasteiger partial charge >= 0.3 is 6.18 Å². The third kappa shape index (κ3) is 7.99. The van der Waals surface area contributed by atoms with E-state index in [9.17, 15) is 5.26 Å². The van der Waals surface area contributed by atoms with Crippen LogP contribution in [0.15, 0.2) is 188 Å². The SMILES string of the molecule is Cc1ccc(-c2ccc3c(c2)c2cc(-c4ccccc4C)ccc2n3-c2cc(-c3ccccc3C(F)(F)F)cc(-n3c4ccc(-c5ccc(C)cc5C)cc4c4cc(-c5ccc(C)cc5C)ccc43)c2C#N)c(C)c1. The number of hydrogen-bond donors (Lipinski definition) is 0. The molecule has 6 heteroatoms. The second kappa shape index (κ2) is 17.9. The molecule has 0 amide bonds. The first-order chi connectivity index (χ1) is 36.1. The maximum Gasteiger partial charge on any atom is 0.417 e. The molecule has 0 aliphatic carbocycles. The summed E-state index contributed by atoms with van der Waals surface area (Å²) in [4.78, 5) is 0. The zero-order chi connectivity index (χ0) is 52.0. The summed E-state index contributed by atoms with van der Waals surface area (Å²) in [6.45, 7) is 14.8. The highest BCUT2D eigenvalue weighted by molar-refractivity contribution is 6.14. The van der Waals surface area contributed by atoms with Crippen molar-refractivity contribution in [3.05, 3.63) is 238 Å². The Labute approximate surface area is 435 Å². The molecule has 0 bridgehead atoms. The fourth-order valence-electron chi connectivity index (χ4n) is 11.8. The van der Waals surface area contributed by atoms with Gasteiger partial charge in [-0.3, -0.25) is 0 Å². The van der Waals surface area contributed by atoms with Crippen molar-refractivity contribution >= 4 is 43.6 Å². The first-order valence-corrected chi connectivity index (χ1v) is 25.4. The van der Waals surface area contributed by atoms with Gasteiger partial charge in [0.1, 0.15) is 11.6 Å². The first kappa shape index (κ1) is 47.1. The number of halogens is 3. The Morgan fingerprint density at radius 2 is 0.693 bits per heavy atom. The average Bonchev–Trinajstić information content (AvgIpc) is 3.91. The fraction of sp³-hybridized carbons (Fsp3) is 0.116. The second-order valence-electron chi connectivity index (χ2n) is 20.4. The summed E-state index contributed by atoms with van der Waals surface area (Å²) >= 11 is 0. The third-order valence-corrected chi connectivity index (χ3v) is 15.3. The highest BCUT2D eigenvalue weighted by Gasteiger charge is 2.34. The van der Waals surface area contributed by atoms with Crippen molar-refractivity contribution in [2.75, 3.05) is 0 Å². The molecule has 10 aromatic carbocycles. The summed E-state index contributed by atoms with van der Waals surface area (Å²) in [6.07, 6.45) is -4.66. The van der Waals surface area contributed by atoms with Gasteiger partial charge in [0.15, 0.2) is 0 Å². The van der Waals surface area contributed by atoms with E-state index in [1.807, 2.05) is 12.1 Å². The minimum atomic E-state index is -4.66. The molecule has 12 rings (SSSR count). The molecule has 0 aliphatic heterocycles. The number of nitriles is 1. The van der Waals surface area contributed by atoms with Crippen LogP contribution in [0.25, 0.3) is 111 Å². The van der Waals surface area contributed by atoms with E-state index in [4.69, 9.17) is 0 Å². The standard InChI is InChI=1S/C69H52F3N3/c1-40-16-23-53(44(5)30-40)48-20-27-64-58(34-48)57-33-47(52-13-9-8-12-43(52)4)19-26-63(57)74(64)67-37-51(56-14-10-11-15-62(56)69(70,71)72)38-68(61(67)39-73)75-65-28-21-49(54-24-17-41(2)31-45(54)6)35-59(65)60-36-50(22-29-66(60)75)55-25-18-42(3)32-46(55)7/h8-38H,1-7H3. The van der Waals surface area contributed by atoms with E-state index in [1.54, 1.807) is 18.2 Å². The molecular weight excluding hydrogens is 928 g/mol. The van der Waals surface area contributed by atoms with Crippen molar-refractivity contribution in [3.63, 3.8) is 0 Å². The number of alkyl halides is 3. The Morgan fingerprint density at radius 1 is 0.347 bits per heavy atom. The molecule has 2 aromatic heterocycles. The van der Waals surface area contributed by atoms with E-state index < -0.39 is 11.7 Å². The molecule has 364 valence electrons. The zero-order valence-electron chi connectivity index (χ0n) is 42.9. The Hall–Kier alpha value is -8.92. The molecule has 0 aliphatic rings. The molecule has 0 atom stereocenters. The average molecular weight is 980 g/mol. The number of fused-ring (bicyclic) bond motifs is 6. The topological polar surface area (TPSA) is 33.6 Å². The van der Waals surface area contributed by atoms with Gasteiger partial charge in [-0.1, -0.05) is 138 Å². The lowest BCUT2D eigenvalue weighted by atomic mass is 9.95. The lowest BCUT2D eigenvalue weighted by Crippen LogP contribution is -2.09. The Bertz CT molecular complexity index is 4270. The van der Waals surface area contributed by atoms with Crippen LogP contribution in [0, 0.1) is 59.8 Å². The molecule has 0 fully saturated rings. The maximum absolute atomic E-state index is 15.3. The Balaban J connectivity index is 1.20. The van der Waals surface area contributed by atoms with Crippen molar-refractivity contribution in [3.8, 4) is 73.1 Å². The maximum atomic E-state index is 15.3. The van der Waals surface area contributed by atoms with Crippen molar-refractivity contribution in [2.24, 2.45) is 0 Å². The normalized spacial score (nSPS) is 11.9. The monoisotopic (exact) mass is 979 g/mol. The lowest BCUT2D eigenvalue weighted by molar-refractivity contribution is -0.137. The molecular formula is C69H52F3N3. The van der Waals surface area contributed by atoms with E-state index in [2.05, 4.69) is 203 Å². The van der Waals surface area contributed by atoms with Gasteiger partial charge in [-0.25, -0.2) is 0 Å². The van der Waals surface area contributed by atoms with Crippen molar-refractivity contribution in [2.45, 2.75) is 54.6 Å². The number of benzene rings is 10. The van der Waals surface area contributed by atoms with Gasteiger partial charge < -0.3 is 9.13 Å². The van der Waals surface area contributed by atoms with Crippen LogP contribution in [0.1, 0.15) is 50.1 Å². The molecule has 75 heavy (non-hydrogen) atoms. The summed E-state index contributed by atoms with van der Waals surface area (Å²) in [7, 11) is 0. The highest BCUT2D eigenvalue weighted by atomic mass is 19.4. The number of rotatable bonds is 7. The number of hydrogen-bond acceptors (Lipinski definition) is 1. The van der Waals surface area contributed by atoms with Crippen LogP contribution in [-0.2, 0) is 6.18 Å². The third-order valence-electron chi connectivity index (χ3n) is 15.3. The number of aromatic nitrogens is 2.